The first-order valence-corrected chi connectivity index (χ1v) is 9.86. The van der Waals surface area contributed by atoms with E-state index >= 15 is 0 Å². The molecule has 3 rings (SSSR count). The molecule has 0 aliphatic heterocycles. The smallest absolute Gasteiger partial charge is 0.319 e. The van der Waals surface area contributed by atoms with E-state index in [1.54, 1.807) is 19.2 Å². The number of ether oxygens (including phenoxy) is 3. The third-order valence-electron chi connectivity index (χ3n) is 5.31. The molecule has 0 heterocycles. The maximum absolute atomic E-state index is 12.6. The quantitative estimate of drug-likeness (QED) is 0.642. The highest BCUT2D eigenvalue weighted by Crippen LogP contribution is 2.51. The van der Waals surface area contributed by atoms with Gasteiger partial charge in [-0.25, -0.2) is 4.79 Å². The molecule has 150 valence electrons. The van der Waals surface area contributed by atoms with E-state index in [4.69, 9.17) is 14.2 Å². The molecule has 2 aromatic rings. The minimum Gasteiger partial charge on any atom is -0.493 e. The number of nitrogens with one attached hydrogen (secondary N) is 2. The number of hydrogen-bond acceptors (Lipinski definition) is 4. The molecule has 0 bridgehead atoms. The second-order valence-corrected chi connectivity index (χ2v) is 7.81. The molecular weight excluding hydrogens is 424 g/mol. The fourth-order valence-electron chi connectivity index (χ4n) is 3.54. The van der Waals surface area contributed by atoms with E-state index in [0.717, 1.165) is 17.3 Å². The van der Waals surface area contributed by atoms with Crippen LogP contribution in [-0.2, 0) is 5.41 Å². The molecule has 1 aliphatic rings. The molecule has 2 aromatic carbocycles. The number of amides is 2. The van der Waals surface area contributed by atoms with Crippen LogP contribution in [0.4, 0.5) is 10.5 Å². The number of benzene rings is 2. The minimum atomic E-state index is -0.273. The van der Waals surface area contributed by atoms with Crippen molar-refractivity contribution in [3.05, 3.63) is 46.4 Å². The Balaban J connectivity index is 1.71. The molecule has 0 spiro atoms. The van der Waals surface area contributed by atoms with Crippen molar-refractivity contribution in [1.82, 2.24) is 5.32 Å². The van der Waals surface area contributed by atoms with Gasteiger partial charge < -0.3 is 24.8 Å². The van der Waals surface area contributed by atoms with E-state index in [9.17, 15) is 4.79 Å². The van der Waals surface area contributed by atoms with Gasteiger partial charge in [-0.05, 0) is 37.5 Å². The lowest BCUT2D eigenvalue weighted by atomic mass is 9.89. The molecule has 0 saturated heterocycles. The highest BCUT2D eigenvalue weighted by Gasteiger charge is 2.49. The van der Waals surface area contributed by atoms with Gasteiger partial charge in [-0.15, -0.1) is 0 Å². The summed E-state index contributed by atoms with van der Waals surface area (Å²) >= 11 is 3.47. The zero-order chi connectivity index (χ0) is 20.3. The summed E-state index contributed by atoms with van der Waals surface area (Å²) in [4.78, 5) is 12.6. The largest absolute Gasteiger partial charge is 0.493 e. The topological polar surface area (TPSA) is 68.8 Å². The van der Waals surface area contributed by atoms with Crippen molar-refractivity contribution >= 4 is 27.6 Å². The summed E-state index contributed by atoms with van der Waals surface area (Å²) in [6.45, 7) is 2.05. The number of carbonyl (C=O) groups excluding carboxylic acids is 1. The summed E-state index contributed by atoms with van der Waals surface area (Å²) < 4.78 is 17.0. The summed E-state index contributed by atoms with van der Waals surface area (Å²) in [5.41, 5.74) is 1.80. The lowest BCUT2D eigenvalue weighted by Gasteiger charge is -2.25. The van der Waals surface area contributed by atoms with Crippen LogP contribution < -0.4 is 24.8 Å². The van der Waals surface area contributed by atoms with Crippen LogP contribution in [-0.4, -0.2) is 33.4 Å². The highest BCUT2D eigenvalue weighted by molar-refractivity contribution is 9.10. The summed E-state index contributed by atoms with van der Waals surface area (Å²) in [7, 11) is 4.62. The first-order valence-electron chi connectivity index (χ1n) is 9.07. The Morgan fingerprint density at radius 3 is 2.07 bits per heavy atom. The Morgan fingerprint density at radius 2 is 1.61 bits per heavy atom. The number of urea groups is 1. The van der Waals surface area contributed by atoms with E-state index in [1.807, 2.05) is 19.1 Å². The van der Waals surface area contributed by atoms with Crippen molar-refractivity contribution in [3.8, 4) is 17.2 Å². The summed E-state index contributed by atoms with van der Waals surface area (Å²) in [6.07, 6.45) is 2.11. The average molecular weight is 449 g/mol. The standard InChI is InChI=1S/C21H25BrN2O4/c1-13(21(9-10-21)14-5-7-15(22)8-6-14)23-20(25)24-16-11-17(26-2)19(28-4)18(12-16)27-3/h5-8,11-13H,9-10H2,1-4H3,(H2,23,24,25). The zero-order valence-corrected chi connectivity index (χ0v) is 18.1. The molecule has 1 fully saturated rings. The Labute approximate surface area is 173 Å². The lowest BCUT2D eigenvalue weighted by molar-refractivity contribution is 0.246. The molecule has 1 atom stereocenters. The summed E-state index contributed by atoms with van der Waals surface area (Å²) in [6, 6.07) is 11.4. The third kappa shape index (κ3) is 4.04. The van der Waals surface area contributed by atoms with Crippen LogP contribution in [0.3, 0.4) is 0 Å². The number of methoxy groups -OCH3 is 3. The van der Waals surface area contributed by atoms with Crippen molar-refractivity contribution in [2.45, 2.75) is 31.2 Å². The van der Waals surface area contributed by atoms with Crippen LogP contribution in [0.2, 0.25) is 0 Å². The second kappa shape index (κ2) is 8.31. The third-order valence-corrected chi connectivity index (χ3v) is 5.84. The first-order chi connectivity index (χ1) is 13.4. The Kier molecular flexibility index (Phi) is 6.03. The van der Waals surface area contributed by atoms with Gasteiger partial charge in [0.25, 0.3) is 0 Å². The summed E-state index contributed by atoms with van der Waals surface area (Å²) in [5.74, 6) is 1.45. The maximum atomic E-state index is 12.6. The zero-order valence-electron chi connectivity index (χ0n) is 16.5. The van der Waals surface area contributed by atoms with E-state index in [1.165, 1.54) is 19.8 Å². The predicted molar refractivity (Wildman–Crippen MR) is 113 cm³/mol. The average Bonchev–Trinajstić information content (AvgIpc) is 3.49. The Hall–Kier alpha value is -2.41. The van der Waals surface area contributed by atoms with Gasteiger partial charge in [-0.2, -0.15) is 0 Å². The van der Waals surface area contributed by atoms with Gasteiger partial charge in [-0.3, -0.25) is 0 Å². The van der Waals surface area contributed by atoms with E-state index in [2.05, 4.69) is 38.7 Å². The molecule has 0 aromatic heterocycles. The van der Waals surface area contributed by atoms with Crippen molar-refractivity contribution in [1.29, 1.82) is 0 Å². The molecule has 7 heteroatoms. The molecular formula is C21H25BrN2O4. The van der Waals surface area contributed by atoms with Crippen LogP contribution in [0.5, 0.6) is 17.2 Å². The normalized spacial score (nSPS) is 15.3. The lowest BCUT2D eigenvalue weighted by Crippen LogP contribution is -2.43. The first kappa shape index (κ1) is 20.3. The number of carbonyl (C=O) groups is 1. The number of halogens is 1. The van der Waals surface area contributed by atoms with Crippen LogP contribution in [0.25, 0.3) is 0 Å². The number of anilines is 1. The van der Waals surface area contributed by atoms with Crippen LogP contribution in [0, 0.1) is 0 Å². The van der Waals surface area contributed by atoms with Crippen molar-refractivity contribution in [3.63, 3.8) is 0 Å². The molecule has 0 radical (unpaired) electrons. The van der Waals surface area contributed by atoms with Crippen LogP contribution >= 0.6 is 15.9 Å². The summed E-state index contributed by atoms with van der Waals surface area (Å²) in [5, 5.41) is 5.93. The van der Waals surface area contributed by atoms with Crippen molar-refractivity contribution < 1.29 is 19.0 Å². The van der Waals surface area contributed by atoms with Gasteiger partial charge in [0, 0.05) is 28.1 Å². The van der Waals surface area contributed by atoms with Crippen LogP contribution in [0.1, 0.15) is 25.3 Å². The molecule has 1 saturated carbocycles. The molecule has 2 N–H and O–H groups in total. The maximum Gasteiger partial charge on any atom is 0.319 e. The van der Waals surface area contributed by atoms with Crippen molar-refractivity contribution in [2.24, 2.45) is 0 Å². The van der Waals surface area contributed by atoms with Gasteiger partial charge >= 0.3 is 6.03 Å². The molecule has 1 aliphatic carbocycles. The molecule has 28 heavy (non-hydrogen) atoms. The fraction of sp³-hybridized carbons (Fsp3) is 0.381. The second-order valence-electron chi connectivity index (χ2n) is 6.90. The van der Waals surface area contributed by atoms with Gasteiger partial charge in [-0.1, -0.05) is 28.1 Å². The minimum absolute atomic E-state index is 0.00397. The van der Waals surface area contributed by atoms with Gasteiger partial charge in [0.15, 0.2) is 11.5 Å². The predicted octanol–water partition coefficient (Wildman–Crippen LogP) is 4.72. The monoisotopic (exact) mass is 448 g/mol. The van der Waals surface area contributed by atoms with E-state index < -0.39 is 0 Å². The molecule has 6 nitrogen and oxygen atoms in total. The van der Waals surface area contributed by atoms with E-state index in [-0.39, 0.29) is 17.5 Å². The Morgan fingerprint density at radius 1 is 1.04 bits per heavy atom. The van der Waals surface area contributed by atoms with Crippen molar-refractivity contribution in [2.75, 3.05) is 26.6 Å². The van der Waals surface area contributed by atoms with E-state index in [0.29, 0.717) is 22.9 Å². The van der Waals surface area contributed by atoms with Gasteiger partial charge in [0.2, 0.25) is 5.75 Å². The highest BCUT2D eigenvalue weighted by atomic mass is 79.9. The number of rotatable bonds is 7. The number of hydrogen-bond donors (Lipinski definition) is 2. The van der Waals surface area contributed by atoms with Crippen LogP contribution in [0.15, 0.2) is 40.9 Å². The van der Waals surface area contributed by atoms with Gasteiger partial charge in [0.1, 0.15) is 0 Å². The molecule has 2 amide bonds. The van der Waals surface area contributed by atoms with Gasteiger partial charge in [0.05, 0.1) is 27.0 Å². The SMILES string of the molecule is COc1cc(NC(=O)NC(C)C2(c3ccc(Br)cc3)CC2)cc(OC)c1OC. The Bertz CT molecular complexity index is 825. The molecule has 1 unspecified atom stereocenters. The fourth-order valence-corrected chi connectivity index (χ4v) is 3.81.